The quantitative estimate of drug-likeness (QED) is 0.281. The van der Waals surface area contributed by atoms with Crippen molar-refractivity contribution in [2.24, 2.45) is 16.6 Å². The first kappa shape index (κ1) is 21.2. The van der Waals surface area contributed by atoms with Gasteiger partial charge in [-0.25, -0.2) is 0 Å². The summed E-state index contributed by atoms with van der Waals surface area (Å²) in [5, 5.41) is 3.16. The third kappa shape index (κ3) is 10.8. The van der Waals surface area contributed by atoms with Gasteiger partial charge in [-0.1, -0.05) is 44.2 Å². The number of hydrogen-bond donors (Lipinski definition) is 2. The highest BCUT2D eigenvalue weighted by atomic mass is 127. The minimum atomic E-state index is 0. The van der Waals surface area contributed by atoms with Gasteiger partial charge in [-0.05, 0) is 37.9 Å². The Kier molecular flexibility index (Phi) is 12.2. The Morgan fingerprint density at radius 2 is 1.95 bits per heavy atom. The molecular weight excluding hydrogens is 387 g/mol. The summed E-state index contributed by atoms with van der Waals surface area (Å²) in [6, 6.07) is 10.5. The predicted molar refractivity (Wildman–Crippen MR) is 107 cm³/mol. The normalized spacial score (nSPS) is 11.6. The molecule has 1 rings (SSSR count). The molecule has 0 unspecified atom stereocenters. The van der Waals surface area contributed by atoms with Crippen molar-refractivity contribution in [1.82, 2.24) is 10.2 Å². The summed E-state index contributed by atoms with van der Waals surface area (Å²) in [7, 11) is 2.14. The van der Waals surface area contributed by atoms with Crippen LogP contribution in [-0.4, -0.2) is 37.5 Å². The number of benzene rings is 1. The second kappa shape index (κ2) is 12.7. The van der Waals surface area contributed by atoms with E-state index in [1.165, 1.54) is 5.56 Å². The Morgan fingerprint density at radius 1 is 1.27 bits per heavy atom. The zero-order valence-corrected chi connectivity index (χ0v) is 16.4. The van der Waals surface area contributed by atoms with E-state index >= 15 is 0 Å². The Hall–Kier alpha value is -0.820. The van der Waals surface area contributed by atoms with E-state index in [9.17, 15) is 0 Å². The molecule has 126 valence electrons. The highest BCUT2D eigenvalue weighted by Crippen LogP contribution is 2.02. The van der Waals surface area contributed by atoms with Crippen LogP contribution >= 0.6 is 24.0 Å². The molecule has 0 aromatic heterocycles. The van der Waals surface area contributed by atoms with E-state index in [-0.39, 0.29) is 24.0 Å². The van der Waals surface area contributed by atoms with Crippen LogP contribution in [0.2, 0.25) is 0 Å². The maximum Gasteiger partial charge on any atom is 0.188 e. The van der Waals surface area contributed by atoms with Crippen LogP contribution in [-0.2, 0) is 6.54 Å². The molecule has 0 aliphatic heterocycles. The molecule has 0 aliphatic rings. The minimum absolute atomic E-state index is 0. The molecule has 0 heterocycles. The van der Waals surface area contributed by atoms with Crippen molar-refractivity contribution in [2.75, 3.05) is 26.7 Å². The Labute approximate surface area is 152 Å². The molecule has 0 amide bonds. The monoisotopic (exact) mass is 418 g/mol. The Balaban J connectivity index is 0.00000441. The molecule has 0 saturated carbocycles. The smallest absolute Gasteiger partial charge is 0.188 e. The van der Waals surface area contributed by atoms with Gasteiger partial charge in [0.05, 0.1) is 0 Å². The Bertz CT molecular complexity index is 406. The van der Waals surface area contributed by atoms with E-state index in [2.05, 4.69) is 60.4 Å². The van der Waals surface area contributed by atoms with Crippen molar-refractivity contribution < 1.29 is 0 Å². The van der Waals surface area contributed by atoms with E-state index in [1.807, 2.05) is 6.07 Å². The van der Waals surface area contributed by atoms with E-state index < -0.39 is 0 Å². The molecule has 0 radical (unpaired) electrons. The van der Waals surface area contributed by atoms with Crippen LogP contribution in [0.4, 0.5) is 0 Å². The van der Waals surface area contributed by atoms with Gasteiger partial charge < -0.3 is 16.0 Å². The number of aliphatic imine (C=N–C) groups is 1. The van der Waals surface area contributed by atoms with E-state index in [0.29, 0.717) is 11.9 Å². The van der Waals surface area contributed by atoms with Crippen molar-refractivity contribution in [3.63, 3.8) is 0 Å². The third-order valence-corrected chi connectivity index (χ3v) is 3.30. The maximum absolute atomic E-state index is 5.83. The second-order valence-corrected chi connectivity index (χ2v) is 5.95. The van der Waals surface area contributed by atoms with Gasteiger partial charge in [-0.3, -0.25) is 4.99 Å². The van der Waals surface area contributed by atoms with Crippen LogP contribution in [0, 0.1) is 5.92 Å². The molecule has 0 fully saturated rings. The van der Waals surface area contributed by atoms with Gasteiger partial charge in [-0.2, -0.15) is 0 Å². The number of nitrogens with one attached hydrogen (secondary N) is 1. The fraction of sp³-hybridized carbons (Fsp3) is 0.588. The number of guanidine groups is 1. The van der Waals surface area contributed by atoms with Crippen LogP contribution in [0.3, 0.4) is 0 Å². The topological polar surface area (TPSA) is 53.6 Å². The zero-order valence-electron chi connectivity index (χ0n) is 14.1. The summed E-state index contributed by atoms with van der Waals surface area (Å²) in [6.07, 6.45) is 2.14. The van der Waals surface area contributed by atoms with Gasteiger partial charge in [0, 0.05) is 19.6 Å². The SMILES string of the molecule is CC(C)CCNC(N)=NCCCN(C)Cc1ccccc1.I. The average molecular weight is 418 g/mol. The summed E-state index contributed by atoms with van der Waals surface area (Å²) in [5.74, 6) is 1.26. The van der Waals surface area contributed by atoms with Crippen molar-refractivity contribution in [3.05, 3.63) is 35.9 Å². The van der Waals surface area contributed by atoms with E-state index in [1.54, 1.807) is 0 Å². The first-order valence-corrected chi connectivity index (χ1v) is 7.84. The van der Waals surface area contributed by atoms with Gasteiger partial charge in [0.15, 0.2) is 5.96 Å². The average Bonchev–Trinajstić information content (AvgIpc) is 2.44. The number of rotatable bonds is 9. The largest absolute Gasteiger partial charge is 0.370 e. The molecule has 3 N–H and O–H groups in total. The molecule has 0 bridgehead atoms. The summed E-state index contributed by atoms with van der Waals surface area (Å²) < 4.78 is 0. The molecule has 22 heavy (non-hydrogen) atoms. The zero-order chi connectivity index (χ0) is 15.5. The molecule has 0 spiro atoms. The summed E-state index contributed by atoms with van der Waals surface area (Å²) in [5.41, 5.74) is 7.17. The number of nitrogens with two attached hydrogens (primary N) is 1. The molecule has 0 aliphatic carbocycles. The fourth-order valence-corrected chi connectivity index (χ4v) is 2.06. The molecule has 0 saturated heterocycles. The van der Waals surface area contributed by atoms with Crippen LogP contribution in [0.1, 0.15) is 32.3 Å². The van der Waals surface area contributed by atoms with Gasteiger partial charge in [0.25, 0.3) is 0 Å². The maximum atomic E-state index is 5.83. The van der Waals surface area contributed by atoms with Gasteiger partial charge in [0.1, 0.15) is 0 Å². The van der Waals surface area contributed by atoms with E-state index in [4.69, 9.17) is 5.73 Å². The first-order valence-electron chi connectivity index (χ1n) is 7.84. The lowest BCUT2D eigenvalue weighted by molar-refractivity contribution is 0.324. The van der Waals surface area contributed by atoms with Crippen LogP contribution < -0.4 is 11.1 Å². The molecule has 0 atom stereocenters. The van der Waals surface area contributed by atoms with Crippen LogP contribution in [0.5, 0.6) is 0 Å². The van der Waals surface area contributed by atoms with Gasteiger partial charge >= 0.3 is 0 Å². The summed E-state index contributed by atoms with van der Waals surface area (Å²) >= 11 is 0. The second-order valence-electron chi connectivity index (χ2n) is 5.95. The van der Waals surface area contributed by atoms with Crippen molar-refractivity contribution in [1.29, 1.82) is 0 Å². The number of halogens is 1. The van der Waals surface area contributed by atoms with Crippen molar-refractivity contribution >= 4 is 29.9 Å². The van der Waals surface area contributed by atoms with Gasteiger partial charge in [-0.15, -0.1) is 24.0 Å². The Morgan fingerprint density at radius 3 is 2.59 bits per heavy atom. The van der Waals surface area contributed by atoms with Crippen LogP contribution in [0.15, 0.2) is 35.3 Å². The molecular formula is C17H31IN4. The molecule has 1 aromatic carbocycles. The lowest BCUT2D eigenvalue weighted by Gasteiger charge is -2.16. The number of nitrogens with zero attached hydrogens (tertiary/aromatic N) is 2. The fourth-order valence-electron chi connectivity index (χ4n) is 2.06. The molecule has 4 nitrogen and oxygen atoms in total. The predicted octanol–water partition coefficient (Wildman–Crippen LogP) is 3.08. The van der Waals surface area contributed by atoms with Gasteiger partial charge in [0.2, 0.25) is 0 Å². The highest BCUT2D eigenvalue weighted by Gasteiger charge is 1.99. The summed E-state index contributed by atoms with van der Waals surface area (Å²) in [4.78, 5) is 6.67. The lowest BCUT2D eigenvalue weighted by Crippen LogP contribution is -2.33. The number of hydrogen-bond acceptors (Lipinski definition) is 2. The lowest BCUT2D eigenvalue weighted by atomic mass is 10.1. The van der Waals surface area contributed by atoms with Crippen molar-refractivity contribution in [2.45, 2.75) is 33.2 Å². The first-order chi connectivity index (χ1) is 10.1. The standard InChI is InChI=1S/C17H30N4.HI/c1-15(2)10-12-20-17(18)19-11-7-13-21(3)14-16-8-5-4-6-9-16;/h4-6,8-9,15H,7,10-14H2,1-3H3,(H3,18,19,20);1H. The van der Waals surface area contributed by atoms with Crippen LogP contribution in [0.25, 0.3) is 0 Å². The summed E-state index contributed by atoms with van der Waals surface area (Å²) in [6.45, 7) is 8.10. The van der Waals surface area contributed by atoms with Crippen molar-refractivity contribution in [3.8, 4) is 0 Å². The molecule has 1 aromatic rings. The third-order valence-electron chi connectivity index (χ3n) is 3.30. The minimum Gasteiger partial charge on any atom is -0.370 e. The highest BCUT2D eigenvalue weighted by molar-refractivity contribution is 14.0. The van der Waals surface area contributed by atoms with E-state index in [0.717, 1.165) is 39.0 Å². The molecule has 5 heteroatoms.